The first-order chi connectivity index (χ1) is 12.5. The minimum Gasteiger partial charge on any atom is -0.497 e. The molecule has 0 unspecified atom stereocenters. The number of carbonyl (C=O) groups excluding carboxylic acids is 1. The van der Waals surface area contributed by atoms with Crippen molar-refractivity contribution in [1.82, 2.24) is 10.2 Å². The van der Waals surface area contributed by atoms with Crippen LogP contribution in [0.5, 0.6) is 5.75 Å². The lowest BCUT2D eigenvalue weighted by molar-refractivity contribution is 0.102. The predicted octanol–water partition coefficient (Wildman–Crippen LogP) is 4.79. The van der Waals surface area contributed by atoms with Crippen molar-refractivity contribution in [3.63, 3.8) is 0 Å². The van der Waals surface area contributed by atoms with Crippen LogP contribution in [0.2, 0.25) is 10.0 Å². The molecular weight excluding hydrogens is 375 g/mol. The number of methoxy groups -OCH3 is 1. The summed E-state index contributed by atoms with van der Waals surface area (Å²) in [5, 5.41) is 14.5. The first kappa shape index (κ1) is 18.0. The van der Waals surface area contributed by atoms with Crippen LogP contribution in [0.3, 0.4) is 0 Å². The molecule has 26 heavy (non-hydrogen) atoms. The summed E-state index contributed by atoms with van der Waals surface area (Å²) in [4.78, 5) is 12.2. The lowest BCUT2D eigenvalue weighted by atomic mass is 10.2. The molecule has 0 radical (unpaired) electrons. The van der Waals surface area contributed by atoms with Crippen molar-refractivity contribution < 1.29 is 9.53 Å². The molecular formula is C18H14Cl2N4O2. The molecule has 1 heterocycles. The van der Waals surface area contributed by atoms with Crippen LogP contribution in [-0.2, 0) is 0 Å². The van der Waals surface area contributed by atoms with Crippen molar-refractivity contribution >= 4 is 46.4 Å². The Labute approximate surface area is 160 Å². The van der Waals surface area contributed by atoms with Crippen molar-refractivity contribution in [2.45, 2.75) is 0 Å². The third-order valence-electron chi connectivity index (χ3n) is 3.43. The molecule has 6 nitrogen and oxygen atoms in total. The van der Waals surface area contributed by atoms with E-state index in [4.69, 9.17) is 27.9 Å². The molecule has 0 spiro atoms. The highest BCUT2D eigenvalue weighted by Gasteiger charge is 2.09. The Morgan fingerprint density at radius 2 is 1.73 bits per heavy atom. The summed E-state index contributed by atoms with van der Waals surface area (Å²) in [7, 11) is 1.60. The van der Waals surface area contributed by atoms with Gasteiger partial charge in [0.1, 0.15) is 5.75 Å². The van der Waals surface area contributed by atoms with E-state index in [0.717, 1.165) is 11.4 Å². The van der Waals surface area contributed by atoms with Gasteiger partial charge >= 0.3 is 0 Å². The van der Waals surface area contributed by atoms with Gasteiger partial charge in [0.05, 0.1) is 17.2 Å². The molecule has 8 heteroatoms. The van der Waals surface area contributed by atoms with E-state index in [-0.39, 0.29) is 5.91 Å². The van der Waals surface area contributed by atoms with Gasteiger partial charge in [-0.1, -0.05) is 29.3 Å². The number of amides is 1. The fourth-order valence-electron chi connectivity index (χ4n) is 2.14. The lowest BCUT2D eigenvalue weighted by Gasteiger charge is -2.08. The van der Waals surface area contributed by atoms with Crippen LogP contribution in [0.25, 0.3) is 0 Å². The maximum Gasteiger partial charge on any atom is 0.256 e. The molecule has 2 aromatic carbocycles. The number of rotatable bonds is 5. The highest BCUT2D eigenvalue weighted by Crippen LogP contribution is 2.23. The summed E-state index contributed by atoms with van der Waals surface area (Å²) < 4.78 is 5.17. The quantitative estimate of drug-likeness (QED) is 0.656. The number of aromatic nitrogens is 2. The van der Waals surface area contributed by atoms with E-state index in [1.54, 1.807) is 31.4 Å². The molecule has 0 saturated carbocycles. The minimum absolute atomic E-state index is 0.309. The van der Waals surface area contributed by atoms with Gasteiger partial charge in [0.2, 0.25) is 0 Å². The minimum atomic E-state index is -0.355. The smallest absolute Gasteiger partial charge is 0.256 e. The summed E-state index contributed by atoms with van der Waals surface area (Å²) >= 11 is 11.8. The zero-order valence-electron chi connectivity index (χ0n) is 13.7. The predicted molar refractivity (Wildman–Crippen MR) is 103 cm³/mol. The Balaban J connectivity index is 1.67. The zero-order chi connectivity index (χ0) is 18.5. The largest absolute Gasteiger partial charge is 0.497 e. The first-order valence-electron chi connectivity index (χ1n) is 7.56. The van der Waals surface area contributed by atoms with E-state index in [2.05, 4.69) is 20.8 Å². The average molecular weight is 389 g/mol. The standard InChI is InChI=1S/C18H14Cl2N4O2/c1-26-13-4-2-3-12(10-13)21-16-7-8-17(24-23-16)22-18(25)11-5-6-14(19)15(20)9-11/h2-10H,1H3,(H,21,23)(H,22,24,25). The number of halogens is 2. The number of hydrogen-bond acceptors (Lipinski definition) is 5. The molecule has 132 valence electrons. The topological polar surface area (TPSA) is 76.1 Å². The summed E-state index contributed by atoms with van der Waals surface area (Å²) in [6, 6.07) is 15.4. The normalized spacial score (nSPS) is 10.3. The highest BCUT2D eigenvalue weighted by molar-refractivity contribution is 6.42. The zero-order valence-corrected chi connectivity index (χ0v) is 15.2. The number of nitrogens with zero attached hydrogens (tertiary/aromatic N) is 2. The van der Waals surface area contributed by atoms with Crippen LogP contribution in [0.4, 0.5) is 17.3 Å². The summed E-state index contributed by atoms with van der Waals surface area (Å²) in [6.07, 6.45) is 0. The molecule has 3 rings (SSSR count). The second-order valence-corrected chi connectivity index (χ2v) is 6.06. The van der Waals surface area contributed by atoms with Gasteiger partial charge in [0, 0.05) is 17.3 Å². The Hall–Kier alpha value is -2.83. The van der Waals surface area contributed by atoms with E-state index in [0.29, 0.717) is 27.2 Å². The van der Waals surface area contributed by atoms with Crippen molar-refractivity contribution in [3.8, 4) is 5.75 Å². The highest BCUT2D eigenvalue weighted by atomic mass is 35.5. The van der Waals surface area contributed by atoms with Crippen LogP contribution >= 0.6 is 23.2 Å². The monoisotopic (exact) mass is 388 g/mol. The Morgan fingerprint density at radius 3 is 2.42 bits per heavy atom. The van der Waals surface area contributed by atoms with Gasteiger partial charge in [-0.2, -0.15) is 0 Å². The fourth-order valence-corrected chi connectivity index (χ4v) is 2.44. The van der Waals surface area contributed by atoms with Gasteiger partial charge in [0.25, 0.3) is 5.91 Å². The molecule has 0 bridgehead atoms. The third kappa shape index (κ3) is 4.41. The van der Waals surface area contributed by atoms with E-state index in [9.17, 15) is 4.79 Å². The number of anilines is 3. The van der Waals surface area contributed by atoms with E-state index < -0.39 is 0 Å². The van der Waals surface area contributed by atoms with Crippen molar-refractivity contribution in [2.75, 3.05) is 17.7 Å². The first-order valence-corrected chi connectivity index (χ1v) is 8.32. The molecule has 3 aromatic rings. The molecule has 1 amide bonds. The summed E-state index contributed by atoms with van der Waals surface area (Å²) in [6.45, 7) is 0. The average Bonchev–Trinajstić information content (AvgIpc) is 2.65. The SMILES string of the molecule is COc1cccc(Nc2ccc(NC(=O)c3ccc(Cl)c(Cl)c3)nn2)c1. The lowest BCUT2D eigenvalue weighted by Crippen LogP contribution is -2.13. The van der Waals surface area contributed by atoms with Crippen molar-refractivity contribution in [1.29, 1.82) is 0 Å². The maximum atomic E-state index is 12.2. The second kappa shape index (κ2) is 8.03. The number of ether oxygens (including phenoxy) is 1. The molecule has 0 fully saturated rings. The number of carbonyl (C=O) groups is 1. The molecule has 0 aliphatic rings. The Morgan fingerprint density at radius 1 is 0.962 bits per heavy atom. The van der Waals surface area contributed by atoms with Gasteiger partial charge in [-0.05, 0) is 42.5 Å². The van der Waals surface area contributed by atoms with Gasteiger partial charge in [-0.3, -0.25) is 4.79 Å². The molecule has 0 aliphatic carbocycles. The van der Waals surface area contributed by atoms with Crippen LogP contribution in [0.15, 0.2) is 54.6 Å². The third-order valence-corrected chi connectivity index (χ3v) is 4.17. The van der Waals surface area contributed by atoms with Crippen molar-refractivity contribution in [2.24, 2.45) is 0 Å². The van der Waals surface area contributed by atoms with Gasteiger partial charge in [-0.15, -0.1) is 10.2 Å². The molecule has 2 N–H and O–H groups in total. The van der Waals surface area contributed by atoms with Crippen LogP contribution in [0, 0.1) is 0 Å². The Kier molecular flexibility index (Phi) is 5.55. The molecule has 0 atom stereocenters. The van der Waals surface area contributed by atoms with Crippen molar-refractivity contribution in [3.05, 3.63) is 70.2 Å². The van der Waals surface area contributed by atoms with Gasteiger partial charge in [-0.25, -0.2) is 0 Å². The fraction of sp³-hybridized carbons (Fsp3) is 0.0556. The van der Waals surface area contributed by atoms with Gasteiger partial charge < -0.3 is 15.4 Å². The van der Waals surface area contributed by atoms with Crippen LogP contribution in [0.1, 0.15) is 10.4 Å². The molecule has 0 aliphatic heterocycles. The molecule has 0 saturated heterocycles. The van der Waals surface area contributed by atoms with Crippen LogP contribution in [-0.4, -0.2) is 23.2 Å². The van der Waals surface area contributed by atoms with E-state index in [1.807, 2.05) is 24.3 Å². The second-order valence-electron chi connectivity index (χ2n) is 5.24. The van der Waals surface area contributed by atoms with E-state index in [1.165, 1.54) is 6.07 Å². The maximum absolute atomic E-state index is 12.2. The Bertz CT molecular complexity index is 933. The number of nitrogens with one attached hydrogen (secondary N) is 2. The number of benzene rings is 2. The molecule has 1 aromatic heterocycles. The van der Waals surface area contributed by atoms with Gasteiger partial charge in [0.15, 0.2) is 11.6 Å². The number of hydrogen-bond donors (Lipinski definition) is 2. The summed E-state index contributed by atoms with van der Waals surface area (Å²) in [5.74, 6) is 1.22. The van der Waals surface area contributed by atoms with Crippen LogP contribution < -0.4 is 15.4 Å². The summed E-state index contributed by atoms with van der Waals surface area (Å²) in [5.41, 5.74) is 1.19. The van der Waals surface area contributed by atoms with E-state index >= 15 is 0 Å².